The van der Waals surface area contributed by atoms with E-state index in [-0.39, 0.29) is 5.54 Å². The molecule has 2 saturated heterocycles. The van der Waals surface area contributed by atoms with Gasteiger partial charge in [0.15, 0.2) is 11.5 Å². The first kappa shape index (κ1) is 21.4. The van der Waals surface area contributed by atoms with Crippen molar-refractivity contribution in [1.82, 2.24) is 9.80 Å². The molecule has 0 aromatic heterocycles. The van der Waals surface area contributed by atoms with Crippen LogP contribution in [0.2, 0.25) is 0 Å². The first-order valence-electron chi connectivity index (χ1n) is 10.9. The molecule has 1 aromatic carbocycles. The zero-order chi connectivity index (χ0) is 20.0. The number of hydrogen-bond donors (Lipinski definition) is 1. The monoisotopic (exact) mass is 390 g/mol. The Morgan fingerprint density at radius 1 is 1.04 bits per heavy atom. The van der Waals surface area contributed by atoms with Gasteiger partial charge >= 0.3 is 0 Å². The highest BCUT2D eigenvalue weighted by molar-refractivity contribution is 5.43. The summed E-state index contributed by atoms with van der Waals surface area (Å²) in [5, 5.41) is 10.4. The summed E-state index contributed by atoms with van der Waals surface area (Å²) in [5.41, 5.74) is 1.50. The molecule has 2 heterocycles. The molecule has 0 unspecified atom stereocenters. The van der Waals surface area contributed by atoms with Crippen LogP contribution in [0.25, 0.3) is 0 Å². The van der Waals surface area contributed by atoms with Crippen molar-refractivity contribution in [2.45, 2.75) is 70.6 Å². The topological polar surface area (TPSA) is 45.2 Å². The maximum absolute atomic E-state index is 10.4. The summed E-state index contributed by atoms with van der Waals surface area (Å²) in [6.45, 7) is 9.87. The molecule has 1 N–H and O–H groups in total. The zero-order valence-corrected chi connectivity index (χ0v) is 18.0. The Bertz CT molecular complexity index is 612. The molecule has 1 aromatic rings. The van der Waals surface area contributed by atoms with E-state index >= 15 is 0 Å². The second kappa shape index (κ2) is 9.95. The van der Waals surface area contributed by atoms with Crippen molar-refractivity contribution >= 4 is 0 Å². The number of ether oxygens (including phenoxy) is 2. The van der Waals surface area contributed by atoms with Crippen LogP contribution in [-0.2, 0) is 6.54 Å². The highest BCUT2D eigenvalue weighted by atomic mass is 16.5. The third kappa shape index (κ3) is 5.85. The number of methoxy groups -OCH3 is 1. The molecule has 0 radical (unpaired) electrons. The molecule has 0 amide bonds. The van der Waals surface area contributed by atoms with E-state index in [0.29, 0.717) is 18.9 Å². The van der Waals surface area contributed by atoms with Crippen LogP contribution < -0.4 is 9.47 Å². The lowest BCUT2D eigenvalue weighted by Crippen LogP contribution is -2.37. The van der Waals surface area contributed by atoms with Gasteiger partial charge in [-0.2, -0.15) is 0 Å². The summed E-state index contributed by atoms with van der Waals surface area (Å²) in [7, 11) is 1.68. The Hall–Kier alpha value is -1.30. The largest absolute Gasteiger partial charge is 0.493 e. The van der Waals surface area contributed by atoms with Crippen molar-refractivity contribution in [1.29, 1.82) is 0 Å². The fourth-order valence-corrected chi connectivity index (χ4v) is 4.46. The number of aliphatic hydroxyl groups excluding tert-OH is 1. The maximum Gasteiger partial charge on any atom is 0.161 e. The summed E-state index contributed by atoms with van der Waals surface area (Å²) in [4.78, 5) is 4.90. The van der Waals surface area contributed by atoms with E-state index in [2.05, 4.69) is 35.8 Å². The molecule has 0 spiro atoms. The van der Waals surface area contributed by atoms with Crippen LogP contribution in [0, 0.1) is 0 Å². The van der Waals surface area contributed by atoms with Crippen molar-refractivity contribution in [3.05, 3.63) is 23.8 Å². The van der Waals surface area contributed by atoms with Crippen molar-refractivity contribution < 1.29 is 14.6 Å². The molecule has 5 heteroatoms. The summed E-state index contributed by atoms with van der Waals surface area (Å²) in [6, 6.07) is 6.17. The molecule has 2 fully saturated rings. The van der Waals surface area contributed by atoms with Crippen LogP contribution in [0.1, 0.15) is 57.9 Å². The number of likely N-dealkylation sites (tertiary alicyclic amines) is 2. The van der Waals surface area contributed by atoms with Crippen molar-refractivity contribution in [3.63, 3.8) is 0 Å². The number of β-amino-alcohol motifs (C(OH)–C–C–N with tert-alkyl or cyclic N) is 1. The molecule has 1 atom stereocenters. The van der Waals surface area contributed by atoms with Crippen LogP contribution in [-0.4, -0.2) is 66.4 Å². The molecule has 3 rings (SSSR count). The average Bonchev–Trinajstić information content (AvgIpc) is 2.86. The summed E-state index contributed by atoms with van der Waals surface area (Å²) in [6.07, 6.45) is 7.11. The van der Waals surface area contributed by atoms with Crippen LogP contribution in [0.5, 0.6) is 11.5 Å². The van der Waals surface area contributed by atoms with E-state index < -0.39 is 6.10 Å². The smallest absolute Gasteiger partial charge is 0.161 e. The first-order valence-corrected chi connectivity index (χ1v) is 10.9. The van der Waals surface area contributed by atoms with E-state index in [1.807, 2.05) is 6.07 Å². The number of rotatable bonds is 8. The SMILES string of the molecule is COc1cc(CN2CCCC2(C)C)ccc1OC[C@@H](O)CN1CCCCCC1. The van der Waals surface area contributed by atoms with E-state index in [9.17, 15) is 5.11 Å². The molecule has 5 nitrogen and oxygen atoms in total. The normalized spacial score (nSPS) is 22.0. The molecule has 0 aliphatic carbocycles. The molecule has 2 aliphatic rings. The molecule has 28 heavy (non-hydrogen) atoms. The van der Waals surface area contributed by atoms with E-state index in [0.717, 1.165) is 31.9 Å². The van der Waals surface area contributed by atoms with Gasteiger partial charge in [-0.1, -0.05) is 18.9 Å². The van der Waals surface area contributed by atoms with Gasteiger partial charge in [-0.05, 0) is 76.9 Å². The lowest BCUT2D eigenvalue weighted by molar-refractivity contribution is 0.0683. The van der Waals surface area contributed by atoms with Gasteiger partial charge in [-0.3, -0.25) is 4.90 Å². The van der Waals surface area contributed by atoms with E-state index in [4.69, 9.17) is 9.47 Å². The fourth-order valence-electron chi connectivity index (χ4n) is 4.46. The van der Waals surface area contributed by atoms with Gasteiger partial charge < -0.3 is 19.5 Å². The zero-order valence-electron chi connectivity index (χ0n) is 18.0. The Morgan fingerprint density at radius 2 is 1.79 bits per heavy atom. The molecular weight excluding hydrogens is 352 g/mol. The van der Waals surface area contributed by atoms with Crippen molar-refractivity contribution in [3.8, 4) is 11.5 Å². The van der Waals surface area contributed by atoms with Gasteiger partial charge in [-0.15, -0.1) is 0 Å². The van der Waals surface area contributed by atoms with E-state index in [1.165, 1.54) is 44.1 Å². The van der Waals surface area contributed by atoms with E-state index in [1.54, 1.807) is 7.11 Å². The molecule has 158 valence electrons. The predicted molar refractivity (Wildman–Crippen MR) is 113 cm³/mol. The van der Waals surface area contributed by atoms with Gasteiger partial charge in [-0.25, -0.2) is 0 Å². The highest BCUT2D eigenvalue weighted by Crippen LogP contribution is 2.33. The fraction of sp³-hybridized carbons (Fsp3) is 0.739. The number of aliphatic hydroxyl groups is 1. The third-order valence-electron chi connectivity index (χ3n) is 6.27. The van der Waals surface area contributed by atoms with Gasteiger partial charge in [0, 0.05) is 18.6 Å². The quantitative estimate of drug-likeness (QED) is 0.733. The Balaban J connectivity index is 1.53. The molecular formula is C23H38N2O3. The second-order valence-corrected chi connectivity index (χ2v) is 9.00. The van der Waals surface area contributed by atoms with Crippen LogP contribution >= 0.6 is 0 Å². The van der Waals surface area contributed by atoms with Crippen molar-refractivity contribution in [2.75, 3.05) is 39.9 Å². The third-order valence-corrected chi connectivity index (χ3v) is 6.27. The first-order chi connectivity index (χ1) is 13.5. The summed E-state index contributed by atoms with van der Waals surface area (Å²) >= 11 is 0. The van der Waals surface area contributed by atoms with Crippen LogP contribution in [0.15, 0.2) is 18.2 Å². The standard InChI is InChI=1S/C23H38N2O3/c1-23(2)11-8-14-25(23)16-19-9-10-21(22(15-19)27-3)28-18-20(26)17-24-12-6-4-5-7-13-24/h9-10,15,20,26H,4-8,11-14,16-18H2,1-3H3/t20-/m0/s1. The number of benzene rings is 1. The van der Waals surface area contributed by atoms with Gasteiger partial charge in [0.1, 0.15) is 12.7 Å². The van der Waals surface area contributed by atoms with Crippen LogP contribution in [0.4, 0.5) is 0 Å². The lowest BCUT2D eigenvalue weighted by Gasteiger charge is -2.31. The second-order valence-electron chi connectivity index (χ2n) is 9.00. The minimum absolute atomic E-state index is 0.264. The Labute approximate surface area is 170 Å². The van der Waals surface area contributed by atoms with Crippen molar-refractivity contribution in [2.24, 2.45) is 0 Å². The van der Waals surface area contributed by atoms with Crippen LogP contribution in [0.3, 0.4) is 0 Å². The van der Waals surface area contributed by atoms with Gasteiger partial charge in [0.2, 0.25) is 0 Å². The predicted octanol–water partition coefficient (Wildman–Crippen LogP) is 3.69. The number of hydrogen-bond acceptors (Lipinski definition) is 5. The summed E-state index contributed by atoms with van der Waals surface area (Å²) in [5.74, 6) is 1.46. The minimum atomic E-state index is -0.479. The van der Waals surface area contributed by atoms with Gasteiger partial charge in [0.05, 0.1) is 7.11 Å². The Morgan fingerprint density at radius 3 is 2.43 bits per heavy atom. The molecule has 0 saturated carbocycles. The average molecular weight is 391 g/mol. The Kier molecular flexibility index (Phi) is 7.61. The lowest BCUT2D eigenvalue weighted by atomic mass is 10.0. The molecule has 2 aliphatic heterocycles. The maximum atomic E-state index is 10.4. The summed E-state index contributed by atoms with van der Waals surface area (Å²) < 4.78 is 11.5. The number of nitrogens with zero attached hydrogens (tertiary/aromatic N) is 2. The van der Waals surface area contributed by atoms with Gasteiger partial charge in [0.25, 0.3) is 0 Å². The molecule has 0 bridgehead atoms. The highest BCUT2D eigenvalue weighted by Gasteiger charge is 2.31. The minimum Gasteiger partial charge on any atom is -0.493 e.